The quantitative estimate of drug-likeness (QED) is 0.733. The molecule has 0 aromatic heterocycles. The van der Waals surface area contributed by atoms with E-state index in [1.54, 1.807) is 42.5 Å². The van der Waals surface area contributed by atoms with Gasteiger partial charge in [0.1, 0.15) is 23.4 Å². The molecule has 1 aliphatic heterocycles. The number of aliphatic hydroxyl groups excluding tert-OH is 1. The Bertz CT molecular complexity index is 592. The number of phenols is 2. The fourth-order valence-electron chi connectivity index (χ4n) is 2.32. The molecule has 1 heterocycles. The van der Waals surface area contributed by atoms with Crippen LogP contribution in [0.1, 0.15) is 17.2 Å². The lowest BCUT2D eigenvalue weighted by atomic mass is 9.94. The third-order valence-corrected chi connectivity index (χ3v) is 3.30. The van der Waals surface area contributed by atoms with Crippen LogP contribution in [0.15, 0.2) is 42.5 Å². The molecule has 0 saturated heterocycles. The Morgan fingerprint density at radius 3 is 2.37 bits per heavy atom. The summed E-state index contributed by atoms with van der Waals surface area (Å²) in [5, 5.41) is 28.9. The minimum atomic E-state index is -0.651. The molecule has 19 heavy (non-hydrogen) atoms. The molecule has 0 bridgehead atoms. The van der Waals surface area contributed by atoms with Crippen LogP contribution in [0.25, 0.3) is 0 Å². The Hall–Kier alpha value is -2.20. The molecular weight excluding hydrogens is 244 g/mol. The second kappa shape index (κ2) is 4.48. The average Bonchev–Trinajstić information content (AvgIpc) is 2.40. The van der Waals surface area contributed by atoms with E-state index < -0.39 is 12.2 Å². The number of aliphatic hydroxyl groups is 1. The lowest BCUT2D eigenvalue weighted by Gasteiger charge is -2.31. The van der Waals surface area contributed by atoms with E-state index >= 15 is 0 Å². The monoisotopic (exact) mass is 258 g/mol. The van der Waals surface area contributed by atoms with E-state index in [0.29, 0.717) is 12.2 Å². The predicted molar refractivity (Wildman–Crippen MR) is 69.3 cm³/mol. The van der Waals surface area contributed by atoms with E-state index in [1.807, 2.05) is 0 Å². The Morgan fingerprint density at radius 1 is 0.947 bits per heavy atom. The molecule has 1 aliphatic rings. The molecule has 4 nitrogen and oxygen atoms in total. The van der Waals surface area contributed by atoms with Gasteiger partial charge in [0, 0.05) is 12.5 Å². The molecule has 2 atom stereocenters. The highest BCUT2D eigenvalue weighted by atomic mass is 16.5. The molecule has 98 valence electrons. The Balaban J connectivity index is 1.94. The van der Waals surface area contributed by atoms with Crippen LogP contribution < -0.4 is 4.74 Å². The maximum absolute atomic E-state index is 10.2. The molecule has 0 amide bonds. The normalized spacial score (nSPS) is 21.5. The summed E-state index contributed by atoms with van der Waals surface area (Å²) in [7, 11) is 0. The first-order chi connectivity index (χ1) is 9.13. The largest absolute Gasteiger partial charge is 0.508 e. The number of hydrogen-bond donors (Lipinski definition) is 3. The highest BCUT2D eigenvalue weighted by molar-refractivity contribution is 5.43. The average molecular weight is 258 g/mol. The van der Waals surface area contributed by atoms with Gasteiger partial charge in [0.05, 0.1) is 6.10 Å². The zero-order valence-electron chi connectivity index (χ0n) is 10.2. The molecule has 0 aliphatic carbocycles. The molecule has 0 spiro atoms. The first kappa shape index (κ1) is 11.9. The second-order valence-corrected chi connectivity index (χ2v) is 4.69. The van der Waals surface area contributed by atoms with Crippen LogP contribution in [-0.4, -0.2) is 21.4 Å². The Labute approximate surface area is 110 Å². The van der Waals surface area contributed by atoms with Gasteiger partial charge in [-0.15, -0.1) is 0 Å². The zero-order chi connectivity index (χ0) is 13.4. The van der Waals surface area contributed by atoms with Gasteiger partial charge in [-0.2, -0.15) is 0 Å². The summed E-state index contributed by atoms with van der Waals surface area (Å²) >= 11 is 0. The van der Waals surface area contributed by atoms with E-state index in [0.717, 1.165) is 11.1 Å². The maximum atomic E-state index is 10.2. The number of phenolic OH excluding ortho intramolecular Hbond substituents is 2. The molecule has 0 saturated carbocycles. The van der Waals surface area contributed by atoms with E-state index in [2.05, 4.69) is 0 Å². The van der Waals surface area contributed by atoms with Gasteiger partial charge in [-0.25, -0.2) is 0 Å². The van der Waals surface area contributed by atoms with E-state index in [9.17, 15) is 15.3 Å². The smallest absolute Gasteiger partial charge is 0.150 e. The van der Waals surface area contributed by atoms with Crippen LogP contribution in [-0.2, 0) is 6.42 Å². The van der Waals surface area contributed by atoms with Crippen LogP contribution >= 0.6 is 0 Å². The van der Waals surface area contributed by atoms with Crippen LogP contribution in [0.3, 0.4) is 0 Å². The summed E-state index contributed by atoms with van der Waals surface area (Å²) in [6.07, 6.45) is -0.669. The molecule has 3 N–H and O–H groups in total. The second-order valence-electron chi connectivity index (χ2n) is 4.69. The predicted octanol–water partition coefficient (Wildman–Crippen LogP) is 2.13. The van der Waals surface area contributed by atoms with Gasteiger partial charge in [-0.1, -0.05) is 18.2 Å². The van der Waals surface area contributed by atoms with Crippen molar-refractivity contribution in [2.45, 2.75) is 18.6 Å². The van der Waals surface area contributed by atoms with Gasteiger partial charge in [0.15, 0.2) is 0 Å². The summed E-state index contributed by atoms with van der Waals surface area (Å²) in [6, 6.07) is 11.4. The lowest BCUT2D eigenvalue weighted by molar-refractivity contribution is 0.0206. The Morgan fingerprint density at radius 2 is 1.63 bits per heavy atom. The molecule has 0 fully saturated rings. The molecule has 2 aromatic rings. The minimum absolute atomic E-state index is 0.139. The molecule has 3 rings (SSSR count). The standard InChI is InChI=1S/C15H14O4/c16-11-4-1-9(2-5-11)15-13(18)7-10-3-6-12(17)8-14(10)19-15/h1-6,8,13,15-18H,7H2/t13-,15+/m1/s1. The Kier molecular flexibility index (Phi) is 2.80. The number of benzene rings is 2. The van der Waals surface area contributed by atoms with Gasteiger partial charge in [-0.05, 0) is 29.3 Å². The molecule has 0 unspecified atom stereocenters. The molecular formula is C15H14O4. The van der Waals surface area contributed by atoms with Crippen LogP contribution in [0.5, 0.6) is 17.2 Å². The summed E-state index contributed by atoms with van der Waals surface area (Å²) < 4.78 is 5.76. The minimum Gasteiger partial charge on any atom is -0.508 e. The van der Waals surface area contributed by atoms with Crippen molar-refractivity contribution < 1.29 is 20.1 Å². The van der Waals surface area contributed by atoms with Crippen molar-refractivity contribution >= 4 is 0 Å². The van der Waals surface area contributed by atoms with Crippen molar-refractivity contribution in [2.24, 2.45) is 0 Å². The topological polar surface area (TPSA) is 69.9 Å². The summed E-state index contributed by atoms with van der Waals surface area (Å²) in [5.74, 6) is 0.898. The van der Waals surface area contributed by atoms with E-state index in [4.69, 9.17) is 4.74 Å². The summed E-state index contributed by atoms with van der Waals surface area (Å²) in [6.45, 7) is 0. The fraction of sp³-hybridized carbons (Fsp3) is 0.200. The van der Waals surface area contributed by atoms with Crippen molar-refractivity contribution in [1.82, 2.24) is 0 Å². The van der Waals surface area contributed by atoms with Crippen LogP contribution in [0.4, 0.5) is 0 Å². The summed E-state index contributed by atoms with van der Waals surface area (Å²) in [4.78, 5) is 0. The van der Waals surface area contributed by atoms with Crippen LogP contribution in [0.2, 0.25) is 0 Å². The van der Waals surface area contributed by atoms with Crippen molar-refractivity contribution in [3.63, 3.8) is 0 Å². The van der Waals surface area contributed by atoms with Gasteiger partial charge < -0.3 is 20.1 Å². The third-order valence-electron chi connectivity index (χ3n) is 3.30. The maximum Gasteiger partial charge on any atom is 0.150 e. The van der Waals surface area contributed by atoms with Gasteiger partial charge in [-0.3, -0.25) is 0 Å². The number of hydrogen-bond acceptors (Lipinski definition) is 4. The zero-order valence-corrected chi connectivity index (χ0v) is 10.2. The van der Waals surface area contributed by atoms with Gasteiger partial charge >= 0.3 is 0 Å². The number of ether oxygens (including phenoxy) is 1. The van der Waals surface area contributed by atoms with Crippen molar-refractivity contribution in [3.8, 4) is 17.2 Å². The summed E-state index contributed by atoms with van der Waals surface area (Å²) in [5.41, 5.74) is 1.67. The number of rotatable bonds is 1. The molecule has 0 radical (unpaired) electrons. The first-order valence-corrected chi connectivity index (χ1v) is 6.09. The number of aromatic hydroxyl groups is 2. The fourth-order valence-corrected chi connectivity index (χ4v) is 2.32. The number of fused-ring (bicyclic) bond motifs is 1. The van der Waals surface area contributed by atoms with Crippen molar-refractivity contribution in [1.29, 1.82) is 0 Å². The van der Waals surface area contributed by atoms with E-state index in [1.165, 1.54) is 0 Å². The van der Waals surface area contributed by atoms with Crippen LogP contribution in [0, 0.1) is 0 Å². The molecule has 4 heteroatoms. The first-order valence-electron chi connectivity index (χ1n) is 6.09. The lowest BCUT2D eigenvalue weighted by Crippen LogP contribution is -2.30. The van der Waals surface area contributed by atoms with Crippen molar-refractivity contribution in [2.75, 3.05) is 0 Å². The highest BCUT2D eigenvalue weighted by Gasteiger charge is 2.29. The van der Waals surface area contributed by atoms with Gasteiger partial charge in [0.2, 0.25) is 0 Å². The SMILES string of the molecule is Oc1ccc([C@@H]2Oc3cc(O)ccc3C[C@H]2O)cc1. The van der Waals surface area contributed by atoms with Gasteiger partial charge in [0.25, 0.3) is 0 Å². The highest BCUT2D eigenvalue weighted by Crippen LogP contribution is 2.37. The van der Waals surface area contributed by atoms with Crippen molar-refractivity contribution in [3.05, 3.63) is 53.6 Å². The molecule has 2 aromatic carbocycles. The third kappa shape index (κ3) is 2.22. The van der Waals surface area contributed by atoms with E-state index in [-0.39, 0.29) is 11.5 Å².